The largest absolute Gasteiger partial charge is 0.376 e. The molecule has 0 bridgehead atoms. The molecule has 1 amide bonds. The number of pyridine rings is 2. The summed E-state index contributed by atoms with van der Waals surface area (Å²) >= 11 is 0. The highest BCUT2D eigenvalue weighted by molar-refractivity contribution is 5.93. The number of carbonyl (C=O) groups excluding carboxylic acids is 1. The average Bonchev–Trinajstić information content (AvgIpc) is 3.52. The zero-order chi connectivity index (χ0) is 21.9. The van der Waals surface area contributed by atoms with Crippen LogP contribution in [0.5, 0.6) is 0 Å². The van der Waals surface area contributed by atoms with Crippen LogP contribution in [0.25, 0.3) is 33.9 Å². The Hall–Kier alpha value is -3.85. The van der Waals surface area contributed by atoms with Gasteiger partial charge in [0.15, 0.2) is 0 Å². The van der Waals surface area contributed by atoms with E-state index in [2.05, 4.69) is 20.4 Å². The second-order valence-corrected chi connectivity index (χ2v) is 7.58. The van der Waals surface area contributed by atoms with Crippen LogP contribution in [0.3, 0.4) is 0 Å². The van der Waals surface area contributed by atoms with Gasteiger partial charge in [0.2, 0.25) is 11.7 Å². The predicted octanol–water partition coefficient (Wildman–Crippen LogP) is 2.41. The number of hydrogen-bond acceptors (Lipinski definition) is 7. The third kappa shape index (κ3) is 4.02. The predicted molar refractivity (Wildman–Crippen MR) is 117 cm³/mol. The first-order valence-electron chi connectivity index (χ1n) is 10.5. The van der Waals surface area contributed by atoms with Crippen molar-refractivity contribution < 1.29 is 14.1 Å². The van der Waals surface area contributed by atoms with E-state index in [0.717, 1.165) is 24.8 Å². The Labute approximate surface area is 183 Å². The normalized spacial score (nSPS) is 15.8. The van der Waals surface area contributed by atoms with Gasteiger partial charge in [-0.1, -0.05) is 29.4 Å². The number of fused-ring (bicyclic) bond motifs is 1. The van der Waals surface area contributed by atoms with E-state index in [0.29, 0.717) is 29.1 Å². The van der Waals surface area contributed by atoms with E-state index in [4.69, 9.17) is 9.26 Å². The number of carbonyl (C=O) groups is 1. The fraction of sp³-hybridized carbons (Fsp3) is 0.261. The van der Waals surface area contributed by atoms with Gasteiger partial charge in [-0.2, -0.15) is 4.98 Å². The molecule has 1 aliphatic heterocycles. The molecule has 1 aromatic carbocycles. The van der Waals surface area contributed by atoms with Gasteiger partial charge in [0, 0.05) is 30.8 Å². The monoisotopic (exact) mass is 431 g/mol. The van der Waals surface area contributed by atoms with Crippen molar-refractivity contribution in [2.24, 2.45) is 0 Å². The standard InChI is InChI=1S/C23H21N5O4/c29-20(25-13-15-6-5-11-31-15)14-28-19-9-2-1-7-16(19)17(12-21(28)30)23-26-22(27-32-23)18-8-3-4-10-24-18/h1-4,7-10,12,15H,5-6,11,13-14H2,(H,25,29)/t15-/m1/s1. The van der Waals surface area contributed by atoms with E-state index in [1.165, 1.54) is 10.6 Å². The smallest absolute Gasteiger partial charge is 0.259 e. The first-order valence-corrected chi connectivity index (χ1v) is 10.5. The van der Waals surface area contributed by atoms with Gasteiger partial charge in [0.25, 0.3) is 11.4 Å². The highest BCUT2D eigenvalue weighted by Crippen LogP contribution is 2.27. The molecule has 9 nitrogen and oxygen atoms in total. The molecule has 0 unspecified atom stereocenters. The van der Waals surface area contributed by atoms with Gasteiger partial charge in [-0.3, -0.25) is 19.1 Å². The van der Waals surface area contributed by atoms with Crippen LogP contribution in [0.15, 0.2) is 64.0 Å². The first-order chi connectivity index (χ1) is 15.7. The number of rotatable bonds is 6. The third-order valence-electron chi connectivity index (χ3n) is 5.42. The zero-order valence-corrected chi connectivity index (χ0v) is 17.2. The summed E-state index contributed by atoms with van der Waals surface area (Å²) in [4.78, 5) is 34.1. The molecule has 9 heteroatoms. The van der Waals surface area contributed by atoms with E-state index in [1.54, 1.807) is 24.4 Å². The van der Waals surface area contributed by atoms with Crippen molar-refractivity contribution in [1.82, 2.24) is 25.0 Å². The van der Waals surface area contributed by atoms with Gasteiger partial charge in [0.1, 0.15) is 12.2 Å². The zero-order valence-electron chi connectivity index (χ0n) is 17.2. The van der Waals surface area contributed by atoms with Gasteiger partial charge in [0.05, 0.1) is 17.2 Å². The highest BCUT2D eigenvalue weighted by Gasteiger charge is 2.19. The molecule has 4 heterocycles. The van der Waals surface area contributed by atoms with Crippen molar-refractivity contribution in [1.29, 1.82) is 0 Å². The summed E-state index contributed by atoms with van der Waals surface area (Å²) in [5.41, 5.74) is 1.36. The average molecular weight is 431 g/mol. The summed E-state index contributed by atoms with van der Waals surface area (Å²) in [5.74, 6) is 0.312. The maximum absolute atomic E-state index is 13.0. The number of amides is 1. The molecule has 5 rings (SSSR count). The molecule has 1 aliphatic rings. The summed E-state index contributed by atoms with van der Waals surface area (Å²) in [7, 11) is 0. The molecule has 162 valence electrons. The van der Waals surface area contributed by atoms with E-state index in [1.807, 2.05) is 24.3 Å². The van der Waals surface area contributed by atoms with E-state index in [9.17, 15) is 9.59 Å². The molecule has 32 heavy (non-hydrogen) atoms. The van der Waals surface area contributed by atoms with Gasteiger partial charge >= 0.3 is 0 Å². The minimum Gasteiger partial charge on any atom is -0.376 e. The molecule has 3 aromatic heterocycles. The lowest BCUT2D eigenvalue weighted by Gasteiger charge is -2.14. The number of ether oxygens (including phenoxy) is 1. The Kier molecular flexibility index (Phi) is 5.47. The Bertz CT molecular complexity index is 1310. The highest BCUT2D eigenvalue weighted by atomic mass is 16.5. The molecule has 1 saturated heterocycles. The molecule has 1 fully saturated rings. The van der Waals surface area contributed by atoms with Crippen molar-refractivity contribution in [2.75, 3.05) is 13.2 Å². The summed E-state index contributed by atoms with van der Waals surface area (Å²) < 4.78 is 12.4. The summed E-state index contributed by atoms with van der Waals surface area (Å²) in [6.45, 7) is 1.08. The molecule has 1 N–H and O–H groups in total. The lowest BCUT2D eigenvalue weighted by molar-refractivity contribution is -0.122. The second-order valence-electron chi connectivity index (χ2n) is 7.58. The number of hydrogen-bond donors (Lipinski definition) is 1. The Balaban J connectivity index is 1.46. The van der Waals surface area contributed by atoms with Gasteiger partial charge in [-0.15, -0.1) is 0 Å². The number of para-hydroxylation sites is 1. The Morgan fingerprint density at radius 3 is 2.88 bits per heavy atom. The van der Waals surface area contributed by atoms with Crippen LogP contribution < -0.4 is 10.9 Å². The molecule has 0 spiro atoms. The summed E-state index contributed by atoms with van der Waals surface area (Å²) in [6, 6.07) is 14.2. The molecular weight excluding hydrogens is 410 g/mol. The fourth-order valence-electron chi connectivity index (χ4n) is 3.84. The topological polar surface area (TPSA) is 112 Å². The number of benzene rings is 1. The van der Waals surface area contributed by atoms with Crippen molar-refractivity contribution in [2.45, 2.75) is 25.5 Å². The van der Waals surface area contributed by atoms with Crippen molar-refractivity contribution in [3.05, 3.63) is 65.1 Å². The quantitative estimate of drug-likeness (QED) is 0.499. The number of nitrogens with one attached hydrogen (secondary N) is 1. The van der Waals surface area contributed by atoms with Crippen LogP contribution in [0.1, 0.15) is 12.8 Å². The minimum atomic E-state index is -0.330. The molecule has 1 atom stereocenters. The number of aromatic nitrogens is 4. The number of nitrogens with zero attached hydrogens (tertiary/aromatic N) is 4. The SMILES string of the molecule is O=C(Cn1c(=O)cc(-c2nc(-c3ccccn3)no2)c2ccccc21)NC[C@H]1CCCO1. The Morgan fingerprint density at radius 1 is 1.19 bits per heavy atom. The van der Waals surface area contributed by atoms with Crippen molar-refractivity contribution >= 4 is 16.8 Å². The molecule has 0 radical (unpaired) electrons. The Morgan fingerprint density at radius 2 is 2.06 bits per heavy atom. The molecule has 4 aromatic rings. The molecule has 0 aliphatic carbocycles. The van der Waals surface area contributed by atoms with Crippen LogP contribution in [-0.2, 0) is 16.1 Å². The van der Waals surface area contributed by atoms with E-state index < -0.39 is 0 Å². The lowest BCUT2D eigenvalue weighted by Crippen LogP contribution is -2.36. The van der Waals surface area contributed by atoms with Gasteiger partial charge < -0.3 is 14.6 Å². The van der Waals surface area contributed by atoms with E-state index in [-0.39, 0.29) is 30.0 Å². The van der Waals surface area contributed by atoms with E-state index >= 15 is 0 Å². The maximum Gasteiger partial charge on any atom is 0.259 e. The van der Waals surface area contributed by atoms with Crippen molar-refractivity contribution in [3.63, 3.8) is 0 Å². The summed E-state index contributed by atoms with van der Waals surface area (Å²) in [6.07, 6.45) is 3.62. The fourth-order valence-corrected chi connectivity index (χ4v) is 3.84. The van der Waals surface area contributed by atoms with Crippen LogP contribution >= 0.6 is 0 Å². The summed E-state index contributed by atoms with van der Waals surface area (Å²) in [5, 5.41) is 7.59. The van der Waals surface area contributed by atoms with Crippen LogP contribution in [0, 0.1) is 0 Å². The molecular formula is C23H21N5O4. The lowest BCUT2D eigenvalue weighted by atomic mass is 10.1. The van der Waals surface area contributed by atoms with Crippen molar-refractivity contribution in [3.8, 4) is 23.0 Å². The third-order valence-corrected chi connectivity index (χ3v) is 5.42. The van der Waals surface area contributed by atoms with Crippen LogP contribution in [0.2, 0.25) is 0 Å². The minimum absolute atomic E-state index is 0.0422. The van der Waals surface area contributed by atoms with Gasteiger partial charge in [-0.05, 0) is 31.0 Å². The molecule has 0 saturated carbocycles. The second kappa shape index (κ2) is 8.72. The van der Waals surface area contributed by atoms with Crippen LogP contribution in [0.4, 0.5) is 0 Å². The maximum atomic E-state index is 13.0. The van der Waals surface area contributed by atoms with Gasteiger partial charge in [-0.25, -0.2) is 0 Å². The van der Waals surface area contributed by atoms with Crippen LogP contribution in [-0.4, -0.2) is 44.9 Å². The first kappa shape index (κ1) is 20.1.